The molecule has 0 saturated heterocycles. The molecule has 13 nitrogen and oxygen atoms in total. The van der Waals surface area contributed by atoms with Crippen LogP contribution in [0.2, 0.25) is 0 Å². The van der Waals surface area contributed by atoms with E-state index in [4.69, 9.17) is 0 Å². The summed E-state index contributed by atoms with van der Waals surface area (Å²) in [5.41, 5.74) is -0.0776. The number of aromatic amines is 1. The van der Waals surface area contributed by atoms with Gasteiger partial charge in [-0.25, -0.2) is 23.7 Å². The molecule has 42 heavy (non-hydrogen) atoms. The van der Waals surface area contributed by atoms with Gasteiger partial charge in [0, 0.05) is 30.9 Å². The van der Waals surface area contributed by atoms with E-state index in [1.54, 1.807) is 18.7 Å². The maximum atomic E-state index is 14.8. The van der Waals surface area contributed by atoms with Crippen molar-refractivity contribution in [1.29, 1.82) is 0 Å². The van der Waals surface area contributed by atoms with Crippen molar-refractivity contribution in [3.8, 4) is 17.3 Å². The van der Waals surface area contributed by atoms with Crippen LogP contribution in [-0.2, 0) is 17.9 Å². The number of amides is 2. The number of nitrogens with zero attached hydrogens (tertiary/aromatic N) is 6. The smallest absolute Gasteiger partial charge is 0.274 e. The molecule has 0 saturated carbocycles. The Bertz CT molecular complexity index is 1750. The zero-order chi connectivity index (χ0) is 30.3. The number of aromatic nitrogens is 6. The van der Waals surface area contributed by atoms with Gasteiger partial charge in [0.1, 0.15) is 17.6 Å². The normalized spacial score (nSPS) is 14.0. The second kappa shape index (κ2) is 11.1. The predicted molar refractivity (Wildman–Crippen MR) is 147 cm³/mol. The molecule has 4 aromatic heterocycles. The van der Waals surface area contributed by atoms with Crippen molar-refractivity contribution < 1.29 is 23.5 Å². The van der Waals surface area contributed by atoms with Crippen LogP contribution in [-0.4, -0.2) is 70.2 Å². The topological polar surface area (TPSA) is 171 Å². The van der Waals surface area contributed by atoms with Crippen molar-refractivity contribution in [3.63, 3.8) is 0 Å². The number of hydrogen-bond acceptors (Lipinski definition) is 9. The summed E-state index contributed by atoms with van der Waals surface area (Å²) in [7, 11) is 0. The Kier molecular flexibility index (Phi) is 7.58. The number of fused-ring (bicyclic) bond motifs is 2. The monoisotopic (exact) mass is 581 g/mol. The molecule has 0 unspecified atom stereocenters. The third-order valence-corrected chi connectivity index (χ3v) is 7.05. The SMILES string of the molecule is CC(C)[C@H](Nc1nc(-c2[nH]nc3ncc(F)cc23)ncc1F)C(=O)NCc1cc(=O)c(O)c2n1CCN(C(C)C)C2=O. The van der Waals surface area contributed by atoms with E-state index < -0.39 is 40.7 Å². The minimum atomic E-state index is -0.970. The second-order valence-corrected chi connectivity index (χ2v) is 10.5. The zero-order valence-electron chi connectivity index (χ0n) is 23.3. The van der Waals surface area contributed by atoms with Gasteiger partial charge in [0.2, 0.25) is 11.3 Å². The minimum absolute atomic E-state index is 0.00641. The van der Waals surface area contributed by atoms with E-state index in [1.165, 1.54) is 16.7 Å². The Morgan fingerprint density at radius 3 is 2.60 bits per heavy atom. The second-order valence-electron chi connectivity index (χ2n) is 10.5. The number of anilines is 1. The van der Waals surface area contributed by atoms with Crippen molar-refractivity contribution in [1.82, 2.24) is 39.9 Å². The summed E-state index contributed by atoms with van der Waals surface area (Å²) >= 11 is 0. The van der Waals surface area contributed by atoms with E-state index in [0.717, 1.165) is 12.4 Å². The van der Waals surface area contributed by atoms with Gasteiger partial charge in [-0.3, -0.25) is 19.5 Å². The van der Waals surface area contributed by atoms with Crippen molar-refractivity contribution in [2.24, 2.45) is 5.92 Å². The molecule has 0 spiro atoms. The molecule has 15 heteroatoms. The highest BCUT2D eigenvalue weighted by atomic mass is 19.1. The van der Waals surface area contributed by atoms with Crippen molar-refractivity contribution >= 4 is 28.7 Å². The summed E-state index contributed by atoms with van der Waals surface area (Å²) < 4.78 is 30.1. The van der Waals surface area contributed by atoms with E-state index in [2.05, 4.69) is 35.8 Å². The van der Waals surface area contributed by atoms with Crippen LogP contribution in [0.3, 0.4) is 0 Å². The number of carbonyl (C=O) groups excluding carboxylic acids is 2. The molecular formula is C27H29F2N9O4. The van der Waals surface area contributed by atoms with Crippen molar-refractivity contribution in [2.75, 3.05) is 11.9 Å². The molecule has 0 radical (unpaired) electrons. The highest BCUT2D eigenvalue weighted by Gasteiger charge is 2.32. The van der Waals surface area contributed by atoms with Crippen LogP contribution >= 0.6 is 0 Å². The molecule has 1 aliphatic heterocycles. The molecule has 4 N–H and O–H groups in total. The number of H-pyrrole nitrogens is 1. The number of hydrogen-bond donors (Lipinski definition) is 4. The van der Waals surface area contributed by atoms with Gasteiger partial charge in [0.25, 0.3) is 5.91 Å². The van der Waals surface area contributed by atoms with Crippen LogP contribution in [0.4, 0.5) is 14.6 Å². The number of nitrogens with one attached hydrogen (secondary N) is 3. The van der Waals surface area contributed by atoms with Gasteiger partial charge in [-0.2, -0.15) is 5.10 Å². The van der Waals surface area contributed by atoms with Gasteiger partial charge in [-0.1, -0.05) is 13.8 Å². The summed E-state index contributed by atoms with van der Waals surface area (Å²) in [5.74, 6) is -3.65. The Hall–Kier alpha value is -4.95. The molecule has 1 aliphatic rings. The fourth-order valence-electron chi connectivity index (χ4n) is 4.85. The Morgan fingerprint density at radius 1 is 1.12 bits per heavy atom. The Balaban J connectivity index is 1.38. The van der Waals surface area contributed by atoms with Crippen LogP contribution in [0.1, 0.15) is 43.9 Å². The number of carbonyl (C=O) groups is 2. The average Bonchev–Trinajstić information content (AvgIpc) is 3.36. The molecular weight excluding hydrogens is 552 g/mol. The van der Waals surface area contributed by atoms with Crippen molar-refractivity contribution in [2.45, 2.75) is 52.9 Å². The van der Waals surface area contributed by atoms with Crippen LogP contribution in [0.5, 0.6) is 5.75 Å². The summed E-state index contributed by atoms with van der Waals surface area (Å²) in [6, 6.07) is 1.28. The molecule has 1 atom stereocenters. The zero-order valence-corrected chi connectivity index (χ0v) is 23.3. The molecule has 5 rings (SSSR count). The summed E-state index contributed by atoms with van der Waals surface area (Å²) in [4.78, 5) is 52.4. The number of rotatable bonds is 8. The maximum Gasteiger partial charge on any atom is 0.274 e. The predicted octanol–water partition coefficient (Wildman–Crippen LogP) is 2.18. The van der Waals surface area contributed by atoms with Gasteiger partial charge in [0.15, 0.2) is 34.6 Å². The molecule has 0 aliphatic carbocycles. The first-order valence-corrected chi connectivity index (χ1v) is 13.3. The first kappa shape index (κ1) is 28.6. The lowest BCUT2D eigenvalue weighted by Crippen LogP contribution is -2.47. The molecule has 5 heterocycles. The molecule has 4 aromatic rings. The molecule has 220 valence electrons. The van der Waals surface area contributed by atoms with Gasteiger partial charge in [-0.05, 0) is 25.8 Å². The Labute approximate surface area is 238 Å². The average molecular weight is 582 g/mol. The van der Waals surface area contributed by atoms with Crippen LogP contribution in [0, 0.1) is 17.6 Å². The highest BCUT2D eigenvalue weighted by molar-refractivity contribution is 5.96. The van der Waals surface area contributed by atoms with Crippen molar-refractivity contribution in [3.05, 3.63) is 57.8 Å². The maximum absolute atomic E-state index is 14.8. The standard InChI is InChI=1S/C27H29F2N9O4/c1-12(2)19(33-24-17(29)11-31-25(34-24)20-16-7-14(28)9-30-23(16)36-35-20)26(41)32-10-15-8-18(39)22(40)21-27(42)37(13(3)4)5-6-38(15)21/h7-9,11-13,19,40H,5-6,10H2,1-4H3,(H,32,41)(H,30,35,36)(H,31,33,34)/t19-/m0/s1. The lowest BCUT2D eigenvalue weighted by atomic mass is 10.0. The van der Waals surface area contributed by atoms with Gasteiger partial charge in [-0.15, -0.1) is 0 Å². The quantitative estimate of drug-likeness (QED) is 0.243. The van der Waals surface area contributed by atoms with Crippen LogP contribution in [0.25, 0.3) is 22.6 Å². The largest absolute Gasteiger partial charge is 0.503 e. The Morgan fingerprint density at radius 2 is 1.88 bits per heavy atom. The van der Waals surface area contributed by atoms with Crippen LogP contribution in [0.15, 0.2) is 29.3 Å². The van der Waals surface area contributed by atoms with Gasteiger partial charge >= 0.3 is 0 Å². The van der Waals surface area contributed by atoms with E-state index in [9.17, 15) is 28.3 Å². The fraction of sp³-hybridized carbons (Fsp3) is 0.370. The van der Waals surface area contributed by atoms with Gasteiger partial charge < -0.3 is 25.2 Å². The first-order chi connectivity index (χ1) is 20.0. The molecule has 0 bridgehead atoms. The fourth-order valence-corrected chi connectivity index (χ4v) is 4.85. The molecule has 0 fully saturated rings. The minimum Gasteiger partial charge on any atom is -0.503 e. The summed E-state index contributed by atoms with van der Waals surface area (Å²) in [6.45, 7) is 7.73. The van der Waals surface area contributed by atoms with E-state index in [-0.39, 0.29) is 47.2 Å². The number of halogens is 2. The molecule has 0 aromatic carbocycles. The summed E-state index contributed by atoms with van der Waals surface area (Å²) in [6.07, 6.45) is 1.94. The van der Waals surface area contributed by atoms with Gasteiger partial charge in [0.05, 0.1) is 24.3 Å². The van der Waals surface area contributed by atoms with Crippen LogP contribution < -0.4 is 16.1 Å². The summed E-state index contributed by atoms with van der Waals surface area (Å²) in [5, 5.41) is 22.9. The lowest BCUT2D eigenvalue weighted by Gasteiger charge is -2.34. The third kappa shape index (κ3) is 5.24. The number of pyridine rings is 2. The van der Waals surface area contributed by atoms with E-state index >= 15 is 0 Å². The van der Waals surface area contributed by atoms with E-state index in [1.807, 2.05) is 13.8 Å². The van der Waals surface area contributed by atoms with E-state index in [0.29, 0.717) is 24.2 Å². The highest BCUT2D eigenvalue weighted by Crippen LogP contribution is 2.26. The third-order valence-electron chi connectivity index (χ3n) is 7.05. The number of aromatic hydroxyl groups is 1. The lowest BCUT2D eigenvalue weighted by molar-refractivity contribution is -0.122. The molecule has 2 amide bonds. The first-order valence-electron chi connectivity index (χ1n) is 13.3.